The molecule has 3 aliphatic heterocycles. The van der Waals surface area contributed by atoms with Gasteiger partial charge in [0.1, 0.15) is 40.9 Å². The maximum atomic E-state index is 15.0. The number of rotatable bonds is 12. The molecule has 2 aliphatic carbocycles. The molecule has 5 aliphatic rings. The Balaban J connectivity index is 0.996. The van der Waals surface area contributed by atoms with Crippen LogP contribution in [0.25, 0.3) is 22.3 Å². The number of nitrogens with one attached hydrogen (secondary N) is 4. The molecule has 18 heteroatoms. The van der Waals surface area contributed by atoms with E-state index < -0.39 is 71.3 Å². The number of hydrogen-bond donors (Lipinski definition) is 5. The van der Waals surface area contributed by atoms with Crippen LogP contribution in [0.5, 0.6) is 11.5 Å². The zero-order chi connectivity index (χ0) is 47.0. The Labute approximate surface area is 392 Å². The van der Waals surface area contributed by atoms with Gasteiger partial charge in [0.15, 0.2) is 5.13 Å². The van der Waals surface area contributed by atoms with Crippen LogP contribution in [0.15, 0.2) is 66.1 Å². The van der Waals surface area contributed by atoms with Gasteiger partial charge in [-0.25, -0.2) is 19.6 Å². The molecule has 1 saturated heterocycles. The van der Waals surface area contributed by atoms with E-state index >= 15 is 4.79 Å². The number of anilines is 1. The first-order valence-electron chi connectivity index (χ1n) is 23.2. The van der Waals surface area contributed by atoms with Crippen molar-refractivity contribution in [1.82, 2.24) is 35.7 Å². The van der Waals surface area contributed by atoms with Crippen LogP contribution < -0.4 is 30.7 Å². The molecule has 5 N–H and O–H groups in total. The van der Waals surface area contributed by atoms with Crippen molar-refractivity contribution >= 4 is 63.0 Å². The van der Waals surface area contributed by atoms with Crippen LogP contribution in [0.1, 0.15) is 98.8 Å². The number of imide groups is 1. The summed E-state index contributed by atoms with van der Waals surface area (Å²) in [5.41, 5.74) is 0.878. The van der Waals surface area contributed by atoms with Crippen molar-refractivity contribution < 1.29 is 43.3 Å². The van der Waals surface area contributed by atoms with Crippen molar-refractivity contribution in [3.05, 3.63) is 77.2 Å². The number of ether oxygens (including phenoxy) is 2. The van der Waals surface area contributed by atoms with E-state index in [0.717, 1.165) is 37.2 Å². The van der Waals surface area contributed by atoms with Gasteiger partial charge >= 0.3 is 12.0 Å². The third-order valence-electron chi connectivity index (χ3n) is 13.7. The second-order valence-corrected chi connectivity index (χ2v) is 19.4. The molecular weight excluding hydrogens is 877 g/mol. The molecule has 0 bridgehead atoms. The van der Waals surface area contributed by atoms with Crippen molar-refractivity contribution in [2.24, 2.45) is 11.8 Å². The fourth-order valence-electron chi connectivity index (χ4n) is 9.69. The Hall–Kier alpha value is -6.56. The average molecular weight is 933 g/mol. The SMILES string of the molecule is COc1ccc2c(O[C@@H]3C[C@H]4C(=O)N[C@]5(C(=O)O)CC5/C=C\CCCCC[C@H](NC(=O)NC(CN5C(=O)c6ccccc6C5=O)C5CCC5)C(=O)N4C3)cc(-c3csc(NC(C)C)n3)nc2c1. The number of carbonyl (C=O) groups excluding carboxylic acids is 5. The number of carbonyl (C=O) groups is 6. The molecule has 9 rings (SSSR count). The summed E-state index contributed by atoms with van der Waals surface area (Å²) in [7, 11) is 1.57. The van der Waals surface area contributed by atoms with Crippen molar-refractivity contribution in [2.75, 3.05) is 25.5 Å². The molecule has 17 nitrogen and oxygen atoms in total. The topological polar surface area (TPSA) is 221 Å². The van der Waals surface area contributed by atoms with Gasteiger partial charge in [0, 0.05) is 47.8 Å². The molecule has 4 aromatic rings. The smallest absolute Gasteiger partial charge is 0.330 e. The van der Waals surface area contributed by atoms with Gasteiger partial charge in [-0.15, -0.1) is 11.3 Å². The number of nitrogens with zero attached hydrogens (tertiary/aromatic N) is 4. The van der Waals surface area contributed by atoms with Crippen LogP contribution in [0, 0.1) is 11.8 Å². The van der Waals surface area contributed by atoms with Crippen LogP contribution in [0.4, 0.5) is 9.93 Å². The first-order valence-corrected chi connectivity index (χ1v) is 24.1. The number of allylic oxidation sites excluding steroid dienone is 1. The van der Waals surface area contributed by atoms with Gasteiger partial charge in [-0.05, 0) is 82.6 Å². The predicted octanol–water partition coefficient (Wildman–Crippen LogP) is 6.15. The Bertz CT molecular complexity index is 2600. The number of benzene rings is 2. The minimum atomic E-state index is -1.51. The molecule has 2 saturated carbocycles. The van der Waals surface area contributed by atoms with Gasteiger partial charge in [0.2, 0.25) is 11.8 Å². The fourth-order valence-corrected chi connectivity index (χ4v) is 10.5. The van der Waals surface area contributed by atoms with Gasteiger partial charge in [-0.1, -0.05) is 43.5 Å². The summed E-state index contributed by atoms with van der Waals surface area (Å²) in [6, 6.07) is 10.6. The lowest BCUT2D eigenvalue weighted by molar-refractivity contribution is -0.145. The Morgan fingerprint density at radius 2 is 1.75 bits per heavy atom. The normalized spacial score (nSPS) is 25.2. The summed E-state index contributed by atoms with van der Waals surface area (Å²) in [4.78, 5) is 95.3. The lowest BCUT2D eigenvalue weighted by Crippen LogP contribution is -2.59. The molecule has 2 aromatic carbocycles. The first-order chi connectivity index (χ1) is 32.3. The van der Waals surface area contributed by atoms with Crippen molar-refractivity contribution in [3.63, 3.8) is 0 Å². The quantitative estimate of drug-likeness (QED) is 0.0798. The number of thiazole rings is 1. The van der Waals surface area contributed by atoms with Gasteiger partial charge in [0.25, 0.3) is 11.8 Å². The number of pyridine rings is 1. The van der Waals surface area contributed by atoms with Crippen LogP contribution in [-0.4, -0.2) is 117 Å². The Morgan fingerprint density at radius 3 is 2.45 bits per heavy atom. The minimum absolute atomic E-state index is 0.0178. The second kappa shape index (κ2) is 19.0. The van der Waals surface area contributed by atoms with E-state index in [1.165, 1.54) is 21.1 Å². The molecule has 2 aromatic heterocycles. The lowest BCUT2D eigenvalue weighted by Gasteiger charge is -2.36. The molecule has 352 valence electrons. The summed E-state index contributed by atoms with van der Waals surface area (Å²) in [5, 5.41) is 25.8. The number of carboxylic acids is 1. The molecular formula is C49H56N8O9S. The molecule has 3 fully saturated rings. The van der Waals surface area contributed by atoms with Crippen LogP contribution in [-0.2, 0) is 14.4 Å². The number of amides is 6. The molecule has 2 unspecified atom stereocenters. The number of fused-ring (bicyclic) bond motifs is 4. The molecule has 0 radical (unpaired) electrons. The van der Waals surface area contributed by atoms with Gasteiger partial charge in [-0.3, -0.25) is 24.1 Å². The predicted molar refractivity (Wildman–Crippen MR) is 250 cm³/mol. The number of aromatic nitrogens is 2. The summed E-state index contributed by atoms with van der Waals surface area (Å²) < 4.78 is 12.3. The first kappa shape index (κ1) is 45.6. The highest BCUT2D eigenvalue weighted by molar-refractivity contribution is 7.14. The highest BCUT2D eigenvalue weighted by atomic mass is 32.1. The third-order valence-corrected chi connectivity index (χ3v) is 14.4. The summed E-state index contributed by atoms with van der Waals surface area (Å²) in [5.74, 6) is -2.47. The Kier molecular flexibility index (Phi) is 12.9. The number of aliphatic carboxylic acids is 1. The summed E-state index contributed by atoms with van der Waals surface area (Å²) >= 11 is 1.45. The number of methoxy groups -OCH3 is 1. The average Bonchev–Trinajstić information content (AvgIpc) is 3.51. The fraction of sp³-hybridized carbons (Fsp3) is 0.469. The van der Waals surface area contributed by atoms with E-state index in [0.29, 0.717) is 57.8 Å². The number of carboxylic acid groups (broad SMARTS) is 1. The van der Waals surface area contributed by atoms with Crippen LogP contribution >= 0.6 is 11.3 Å². The minimum Gasteiger partial charge on any atom is -0.497 e. The van der Waals surface area contributed by atoms with Gasteiger partial charge in [-0.2, -0.15) is 0 Å². The van der Waals surface area contributed by atoms with Gasteiger partial charge < -0.3 is 40.7 Å². The summed E-state index contributed by atoms with van der Waals surface area (Å²) in [6.07, 6.45) is 8.93. The number of urea groups is 1. The highest BCUT2D eigenvalue weighted by Gasteiger charge is 2.61. The maximum absolute atomic E-state index is 15.0. The maximum Gasteiger partial charge on any atom is 0.330 e. The van der Waals surface area contributed by atoms with Crippen molar-refractivity contribution in [3.8, 4) is 22.9 Å². The Morgan fingerprint density at radius 1 is 0.970 bits per heavy atom. The lowest BCUT2D eigenvalue weighted by atomic mass is 9.79. The zero-order valence-corrected chi connectivity index (χ0v) is 38.6. The standard InChI is InChI=1S/C49H56N8O9S/c1-27(2)50-48-54-39(26-67-48)37-22-41(34-19-18-30(65-3)20-36(34)51-37)66-31-21-40-42(58)55-49(46(62)63)23-29(49)14-7-5-4-6-8-17-35(45(61)56(40)24-31)52-47(64)53-38(28-12-11-13-28)25-57-43(59)32-15-9-10-16-33(32)44(57)60/h7,9-10,14-16,18-20,22,26-29,31,35,38,40H,4-6,8,11-13,17,21,23-25H2,1-3H3,(H,50,54)(H,55,58)(H,62,63)(H2,52,53,64)/b14-7-/t29?,31-,35+,38?,40+,49-/m1/s1. The highest BCUT2D eigenvalue weighted by Crippen LogP contribution is 2.46. The van der Waals surface area contributed by atoms with Crippen molar-refractivity contribution in [1.29, 1.82) is 0 Å². The summed E-state index contributed by atoms with van der Waals surface area (Å²) in [6.45, 7) is 3.99. The van der Waals surface area contributed by atoms with Gasteiger partial charge in [0.05, 0.1) is 42.0 Å². The van der Waals surface area contributed by atoms with E-state index in [1.54, 1.807) is 49.6 Å². The van der Waals surface area contributed by atoms with E-state index in [2.05, 4.69) is 21.3 Å². The molecule has 0 spiro atoms. The van der Waals surface area contributed by atoms with Crippen molar-refractivity contribution in [2.45, 2.75) is 114 Å². The monoisotopic (exact) mass is 932 g/mol. The van der Waals surface area contributed by atoms with E-state index in [-0.39, 0.29) is 44.3 Å². The molecule has 5 heterocycles. The van der Waals surface area contributed by atoms with Crippen LogP contribution in [0.3, 0.4) is 0 Å². The molecule has 6 atom stereocenters. The second-order valence-electron chi connectivity index (χ2n) is 18.6. The number of hydrogen-bond acceptors (Lipinski definition) is 12. The third kappa shape index (κ3) is 9.40. The molecule has 67 heavy (non-hydrogen) atoms. The van der Waals surface area contributed by atoms with E-state index in [1.807, 2.05) is 37.4 Å². The zero-order valence-electron chi connectivity index (χ0n) is 37.8. The van der Waals surface area contributed by atoms with Crippen LogP contribution in [0.2, 0.25) is 0 Å². The molecule has 6 amide bonds. The van der Waals surface area contributed by atoms with E-state index in [9.17, 15) is 29.1 Å². The van der Waals surface area contributed by atoms with E-state index in [4.69, 9.17) is 19.4 Å². The largest absolute Gasteiger partial charge is 0.497 e.